The number of hydrogen-bond acceptors (Lipinski definition) is 1. The van der Waals surface area contributed by atoms with Gasteiger partial charge in [0.1, 0.15) is 0 Å². The lowest BCUT2D eigenvalue weighted by Gasteiger charge is -2.34. The summed E-state index contributed by atoms with van der Waals surface area (Å²) in [6, 6.07) is 0.0370. The number of amides is 1. The van der Waals surface area contributed by atoms with Crippen LogP contribution in [0.2, 0.25) is 0 Å². The minimum atomic E-state index is -4.18. The van der Waals surface area contributed by atoms with E-state index in [2.05, 4.69) is 5.32 Å². The van der Waals surface area contributed by atoms with Gasteiger partial charge in [-0.1, -0.05) is 19.3 Å². The molecule has 2 saturated carbocycles. The van der Waals surface area contributed by atoms with Gasteiger partial charge in [-0.15, -0.1) is 11.6 Å². The normalized spacial score (nSPS) is 34.5. The number of carbonyl (C=O) groups is 1. The molecule has 2 nitrogen and oxygen atoms in total. The predicted octanol–water partition coefficient (Wildman–Crippen LogP) is 4.27. The smallest absolute Gasteiger partial charge is 0.353 e. The molecular formula is C15H23ClF3NO. The number of rotatable bonds is 3. The van der Waals surface area contributed by atoms with E-state index in [1.807, 2.05) is 0 Å². The first-order valence-corrected chi connectivity index (χ1v) is 8.38. The molecule has 0 radical (unpaired) electrons. The molecule has 0 aliphatic heterocycles. The molecule has 2 aliphatic rings. The van der Waals surface area contributed by atoms with E-state index in [0.717, 1.165) is 25.7 Å². The monoisotopic (exact) mass is 325 g/mol. The Hall–Kier alpha value is -0.450. The van der Waals surface area contributed by atoms with Crippen LogP contribution < -0.4 is 5.32 Å². The van der Waals surface area contributed by atoms with Gasteiger partial charge in [-0.2, -0.15) is 13.2 Å². The lowest BCUT2D eigenvalue weighted by Crippen LogP contribution is -2.46. The summed E-state index contributed by atoms with van der Waals surface area (Å²) < 4.78 is 38.4. The summed E-state index contributed by atoms with van der Waals surface area (Å²) in [5, 5.41) is 2.97. The predicted molar refractivity (Wildman–Crippen MR) is 76.1 cm³/mol. The number of nitrogens with one attached hydrogen (secondary N) is 1. The van der Waals surface area contributed by atoms with Gasteiger partial charge in [-0.05, 0) is 38.0 Å². The van der Waals surface area contributed by atoms with Crippen LogP contribution in [0.5, 0.6) is 0 Å². The molecule has 0 aromatic heterocycles. The third kappa shape index (κ3) is 4.51. The van der Waals surface area contributed by atoms with Crippen LogP contribution in [0.25, 0.3) is 0 Å². The van der Waals surface area contributed by atoms with Crippen molar-refractivity contribution in [3.05, 3.63) is 0 Å². The molecular weight excluding hydrogens is 303 g/mol. The van der Waals surface area contributed by atoms with E-state index < -0.39 is 18.0 Å². The maximum Gasteiger partial charge on any atom is 0.391 e. The minimum absolute atomic E-state index is 0.0370. The summed E-state index contributed by atoms with van der Waals surface area (Å²) in [7, 11) is 0. The van der Waals surface area contributed by atoms with Crippen molar-refractivity contribution in [3.63, 3.8) is 0 Å². The van der Waals surface area contributed by atoms with Gasteiger partial charge in [0.25, 0.3) is 0 Å². The van der Waals surface area contributed by atoms with E-state index in [-0.39, 0.29) is 30.7 Å². The van der Waals surface area contributed by atoms with Crippen molar-refractivity contribution < 1.29 is 18.0 Å². The summed E-state index contributed by atoms with van der Waals surface area (Å²) >= 11 is 5.93. The fraction of sp³-hybridized carbons (Fsp3) is 0.933. The fourth-order valence-electron chi connectivity index (χ4n) is 3.61. The quantitative estimate of drug-likeness (QED) is 0.771. The molecule has 1 N–H and O–H groups in total. The molecule has 4 atom stereocenters. The SMILES string of the molecule is O=C(NC1CCCCC1CCl)C1CCCC(C(F)(F)F)C1. The number of carbonyl (C=O) groups excluding carboxylic acids is 1. The minimum Gasteiger partial charge on any atom is -0.353 e. The van der Waals surface area contributed by atoms with Crippen molar-refractivity contribution in [2.24, 2.45) is 17.8 Å². The summed E-state index contributed by atoms with van der Waals surface area (Å²) in [6.07, 6.45) is 1.000. The van der Waals surface area contributed by atoms with Crippen LogP contribution in [0, 0.1) is 17.8 Å². The summed E-state index contributed by atoms with van der Waals surface area (Å²) in [5.41, 5.74) is 0. The summed E-state index contributed by atoms with van der Waals surface area (Å²) in [5.74, 6) is -1.27. The van der Waals surface area contributed by atoms with Crippen molar-refractivity contribution in [1.29, 1.82) is 0 Å². The van der Waals surface area contributed by atoms with Crippen molar-refractivity contribution >= 4 is 17.5 Å². The average molecular weight is 326 g/mol. The highest BCUT2D eigenvalue weighted by Gasteiger charge is 2.43. The Morgan fingerprint density at radius 2 is 1.81 bits per heavy atom. The van der Waals surface area contributed by atoms with Gasteiger partial charge in [0.15, 0.2) is 0 Å². The molecule has 4 unspecified atom stereocenters. The van der Waals surface area contributed by atoms with Crippen LogP contribution in [0.1, 0.15) is 51.4 Å². The second-order valence-electron chi connectivity index (χ2n) is 6.42. The van der Waals surface area contributed by atoms with Crippen LogP contribution in [0.15, 0.2) is 0 Å². The Kier molecular flexibility index (Phi) is 5.81. The number of alkyl halides is 4. The van der Waals surface area contributed by atoms with E-state index >= 15 is 0 Å². The Morgan fingerprint density at radius 1 is 1.10 bits per heavy atom. The Labute approximate surface area is 128 Å². The first-order chi connectivity index (χ1) is 9.91. The second kappa shape index (κ2) is 7.21. The van der Waals surface area contributed by atoms with Gasteiger partial charge in [0.2, 0.25) is 5.91 Å². The van der Waals surface area contributed by atoms with Crippen molar-refractivity contribution in [1.82, 2.24) is 5.32 Å². The molecule has 21 heavy (non-hydrogen) atoms. The van der Waals surface area contributed by atoms with E-state index in [9.17, 15) is 18.0 Å². The molecule has 0 heterocycles. The van der Waals surface area contributed by atoms with Crippen molar-refractivity contribution in [2.45, 2.75) is 63.6 Å². The van der Waals surface area contributed by atoms with Crippen LogP contribution in [-0.2, 0) is 4.79 Å². The number of hydrogen-bond donors (Lipinski definition) is 1. The van der Waals surface area contributed by atoms with Crippen molar-refractivity contribution in [3.8, 4) is 0 Å². The lowest BCUT2D eigenvalue weighted by atomic mass is 9.79. The molecule has 122 valence electrons. The van der Waals surface area contributed by atoms with E-state index in [4.69, 9.17) is 11.6 Å². The van der Waals surface area contributed by atoms with Crippen molar-refractivity contribution in [2.75, 3.05) is 5.88 Å². The molecule has 2 aliphatic carbocycles. The molecule has 1 amide bonds. The third-order valence-corrected chi connectivity index (χ3v) is 5.34. The van der Waals surface area contributed by atoms with Gasteiger partial charge < -0.3 is 5.32 Å². The van der Waals surface area contributed by atoms with Gasteiger partial charge in [-0.25, -0.2) is 0 Å². The fourth-order valence-corrected chi connectivity index (χ4v) is 3.98. The summed E-state index contributed by atoms with van der Waals surface area (Å²) in [6.45, 7) is 0. The molecule has 0 bridgehead atoms. The molecule has 0 spiro atoms. The van der Waals surface area contributed by atoms with E-state index in [1.165, 1.54) is 0 Å². The van der Waals surface area contributed by atoms with E-state index in [1.54, 1.807) is 0 Å². The van der Waals surface area contributed by atoms with Gasteiger partial charge >= 0.3 is 6.18 Å². The first-order valence-electron chi connectivity index (χ1n) is 7.85. The Bertz CT molecular complexity index is 361. The molecule has 2 rings (SSSR count). The van der Waals surface area contributed by atoms with Crippen LogP contribution in [0.3, 0.4) is 0 Å². The Morgan fingerprint density at radius 3 is 2.48 bits per heavy atom. The highest BCUT2D eigenvalue weighted by molar-refractivity contribution is 6.18. The maximum atomic E-state index is 12.8. The largest absolute Gasteiger partial charge is 0.391 e. The van der Waals surface area contributed by atoms with Crippen LogP contribution in [0.4, 0.5) is 13.2 Å². The second-order valence-corrected chi connectivity index (χ2v) is 6.72. The van der Waals surface area contributed by atoms with Gasteiger partial charge in [0, 0.05) is 17.8 Å². The zero-order valence-electron chi connectivity index (χ0n) is 12.1. The standard InChI is InChI=1S/C15H23ClF3NO/c16-9-11-4-1-2-7-13(11)20-14(21)10-5-3-6-12(8-10)15(17,18)19/h10-13H,1-9H2,(H,20,21). The summed E-state index contributed by atoms with van der Waals surface area (Å²) in [4.78, 5) is 12.3. The van der Waals surface area contributed by atoms with Gasteiger partial charge in [-0.3, -0.25) is 4.79 Å². The zero-order valence-corrected chi connectivity index (χ0v) is 12.8. The lowest BCUT2D eigenvalue weighted by molar-refractivity contribution is -0.186. The Balaban J connectivity index is 1.90. The highest BCUT2D eigenvalue weighted by atomic mass is 35.5. The van der Waals surface area contributed by atoms with Crippen LogP contribution in [-0.4, -0.2) is 24.0 Å². The maximum absolute atomic E-state index is 12.8. The van der Waals surface area contributed by atoms with Gasteiger partial charge in [0.05, 0.1) is 5.92 Å². The van der Waals surface area contributed by atoms with Crippen LogP contribution >= 0.6 is 11.6 Å². The molecule has 6 heteroatoms. The molecule has 0 saturated heterocycles. The molecule has 0 aromatic rings. The third-order valence-electron chi connectivity index (χ3n) is 4.94. The molecule has 0 aromatic carbocycles. The average Bonchev–Trinajstić information content (AvgIpc) is 2.47. The number of halogens is 4. The molecule has 2 fully saturated rings. The zero-order chi connectivity index (χ0) is 15.5. The highest BCUT2D eigenvalue weighted by Crippen LogP contribution is 2.40. The van der Waals surface area contributed by atoms with E-state index in [0.29, 0.717) is 18.7 Å². The topological polar surface area (TPSA) is 29.1 Å². The first kappa shape index (κ1) is 16.9.